The van der Waals surface area contributed by atoms with E-state index in [9.17, 15) is 27.9 Å². The van der Waals surface area contributed by atoms with Crippen molar-refractivity contribution in [1.29, 1.82) is 0 Å². The number of nitrogens with zero attached hydrogens (tertiary/aromatic N) is 2. The Hall–Kier alpha value is -1.90. The van der Waals surface area contributed by atoms with Gasteiger partial charge in [-0.2, -0.15) is 4.39 Å². The van der Waals surface area contributed by atoms with Crippen molar-refractivity contribution < 1.29 is 22.7 Å². The Morgan fingerprint density at radius 3 is 2.45 bits per heavy atom. The van der Waals surface area contributed by atoms with Gasteiger partial charge in [0.2, 0.25) is 5.82 Å². The molecule has 0 saturated carbocycles. The van der Waals surface area contributed by atoms with Crippen LogP contribution in [0.4, 0.5) is 14.5 Å². The van der Waals surface area contributed by atoms with Crippen molar-refractivity contribution in [2.75, 3.05) is 24.6 Å². The lowest BCUT2D eigenvalue weighted by atomic mass is 10.1. The maximum atomic E-state index is 13.9. The fraction of sp³-hybridized carbons (Fsp3) is 0.364. The van der Waals surface area contributed by atoms with Crippen LogP contribution in [0.5, 0.6) is 0 Å². The van der Waals surface area contributed by atoms with Gasteiger partial charge >= 0.3 is 5.69 Å². The van der Waals surface area contributed by atoms with Crippen LogP contribution in [0.25, 0.3) is 0 Å². The summed E-state index contributed by atoms with van der Waals surface area (Å²) in [5.74, 6) is -3.13. The Labute approximate surface area is 115 Å². The molecule has 1 aromatic rings. The first kappa shape index (κ1) is 14.5. The van der Waals surface area contributed by atoms with E-state index in [0.29, 0.717) is 12.1 Å². The highest BCUT2D eigenvalue weighted by Gasteiger charge is 2.30. The number of carbonyl (C=O) groups excluding carboxylic acids is 1. The van der Waals surface area contributed by atoms with Crippen molar-refractivity contribution in [2.24, 2.45) is 0 Å². The highest BCUT2D eigenvalue weighted by atomic mass is 32.2. The normalized spacial score (nSPS) is 16.2. The molecule has 1 aliphatic heterocycles. The molecule has 108 valence electrons. The second-order valence-corrected chi connectivity index (χ2v) is 5.85. The van der Waals surface area contributed by atoms with Crippen molar-refractivity contribution in [2.45, 2.75) is 0 Å². The van der Waals surface area contributed by atoms with Gasteiger partial charge in [0.15, 0.2) is 0 Å². The SMILES string of the molecule is O=C(c1c(F)ccc([N+](=O)[O-])c1F)N1CCS(=O)CC1. The summed E-state index contributed by atoms with van der Waals surface area (Å²) in [4.78, 5) is 22.8. The molecular formula is C11H10F2N2O4S. The first-order chi connectivity index (χ1) is 9.41. The largest absolute Gasteiger partial charge is 0.337 e. The molecule has 1 amide bonds. The highest BCUT2D eigenvalue weighted by molar-refractivity contribution is 7.85. The minimum Gasteiger partial charge on any atom is -0.337 e. The topological polar surface area (TPSA) is 80.5 Å². The third-order valence-corrected chi connectivity index (χ3v) is 4.22. The van der Waals surface area contributed by atoms with E-state index in [1.807, 2.05) is 0 Å². The third kappa shape index (κ3) is 2.67. The van der Waals surface area contributed by atoms with Gasteiger partial charge in [-0.1, -0.05) is 0 Å². The summed E-state index contributed by atoms with van der Waals surface area (Å²) in [6.07, 6.45) is 0. The molecular weight excluding hydrogens is 294 g/mol. The minimum atomic E-state index is -1.48. The van der Waals surface area contributed by atoms with Crippen LogP contribution in [0.1, 0.15) is 10.4 Å². The van der Waals surface area contributed by atoms with E-state index >= 15 is 0 Å². The second-order valence-electron chi connectivity index (χ2n) is 4.15. The molecule has 0 atom stereocenters. The number of nitro groups is 1. The summed E-state index contributed by atoms with van der Waals surface area (Å²) < 4.78 is 38.7. The number of halogens is 2. The van der Waals surface area contributed by atoms with Gasteiger partial charge in [-0.25, -0.2) is 4.39 Å². The van der Waals surface area contributed by atoms with Gasteiger partial charge in [-0.3, -0.25) is 19.1 Å². The summed E-state index contributed by atoms with van der Waals surface area (Å²) in [6.45, 7) is 0.208. The summed E-state index contributed by atoms with van der Waals surface area (Å²) in [6, 6.07) is 1.36. The van der Waals surface area contributed by atoms with Crippen LogP contribution in [0, 0.1) is 21.7 Å². The standard InChI is InChI=1S/C11H10F2N2O4S/c12-7-1-2-8(15(17)18)10(13)9(7)11(16)14-3-5-20(19)6-4-14/h1-2H,3-6H2. The fourth-order valence-corrected chi connectivity index (χ4v) is 2.93. The molecule has 0 radical (unpaired) electrons. The van der Waals surface area contributed by atoms with Crippen molar-refractivity contribution in [3.05, 3.63) is 39.4 Å². The molecule has 1 saturated heterocycles. The van der Waals surface area contributed by atoms with E-state index in [1.165, 1.54) is 0 Å². The number of rotatable bonds is 2. The zero-order chi connectivity index (χ0) is 14.9. The van der Waals surface area contributed by atoms with E-state index in [1.54, 1.807) is 0 Å². The first-order valence-corrected chi connectivity index (χ1v) is 7.17. The van der Waals surface area contributed by atoms with Crippen LogP contribution in [0.3, 0.4) is 0 Å². The molecule has 0 aliphatic carbocycles. The summed E-state index contributed by atoms with van der Waals surface area (Å²) in [5, 5.41) is 10.6. The third-order valence-electron chi connectivity index (χ3n) is 2.95. The Bertz CT molecular complexity index is 598. The molecule has 2 rings (SSSR count). The second kappa shape index (κ2) is 5.61. The zero-order valence-electron chi connectivity index (χ0n) is 10.2. The Balaban J connectivity index is 2.36. The van der Waals surface area contributed by atoms with Crippen molar-refractivity contribution in [1.82, 2.24) is 4.90 Å². The maximum Gasteiger partial charge on any atom is 0.305 e. The van der Waals surface area contributed by atoms with Crippen LogP contribution in [-0.4, -0.2) is 44.5 Å². The lowest BCUT2D eigenvalue weighted by Gasteiger charge is -2.26. The van der Waals surface area contributed by atoms with Gasteiger partial charge in [0, 0.05) is 41.5 Å². The summed E-state index contributed by atoms with van der Waals surface area (Å²) in [7, 11) is -1.05. The molecule has 9 heteroatoms. The average molecular weight is 304 g/mol. The molecule has 0 unspecified atom stereocenters. The van der Waals surface area contributed by atoms with Gasteiger partial charge in [0.1, 0.15) is 11.4 Å². The number of amides is 1. The molecule has 1 aliphatic rings. The van der Waals surface area contributed by atoms with Crippen molar-refractivity contribution in [3.63, 3.8) is 0 Å². The lowest BCUT2D eigenvalue weighted by Crippen LogP contribution is -2.42. The van der Waals surface area contributed by atoms with Crippen molar-refractivity contribution >= 4 is 22.4 Å². The minimum absolute atomic E-state index is 0.104. The highest BCUT2D eigenvalue weighted by Crippen LogP contribution is 2.24. The van der Waals surface area contributed by atoms with Crippen LogP contribution in [-0.2, 0) is 10.8 Å². The van der Waals surface area contributed by atoms with E-state index < -0.39 is 44.5 Å². The van der Waals surface area contributed by atoms with Crippen LogP contribution in [0.15, 0.2) is 12.1 Å². The molecule has 0 spiro atoms. The monoisotopic (exact) mass is 304 g/mol. The first-order valence-electron chi connectivity index (χ1n) is 5.68. The van der Waals surface area contributed by atoms with Gasteiger partial charge in [0.25, 0.3) is 5.91 Å². The lowest BCUT2D eigenvalue weighted by molar-refractivity contribution is -0.387. The van der Waals surface area contributed by atoms with E-state index in [4.69, 9.17) is 0 Å². The zero-order valence-corrected chi connectivity index (χ0v) is 11.0. The molecule has 1 heterocycles. The van der Waals surface area contributed by atoms with E-state index in [-0.39, 0.29) is 24.6 Å². The van der Waals surface area contributed by atoms with E-state index in [2.05, 4.69) is 0 Å². The number of hydrogen-bond acceptors (Lipinski definition) is 4. The Morgan fingerprint density at radius 2 is 1.90 bits per heavy atom. The maximum absolute atomic E-state index is 13.9. The van der Waals surface area contributed by atoms with Gasteiger partial charge in [0.05, 0.1) is 4.92 Å². The van der Waals surface area contributed by atoms with Gasteiger partial charge in [-0.05, 0) is 6.07 Å². The summed E-state index contributed by atoms with van der Waals surface area (Å²) >= 11 is 0. The van der Waals surface area contributed by atoms with Crippen LogP contribution in [0.2, 0.25) is 0 Å². The smallest absolute Gasteiger partial charge is 0.305 e. The fourth-order valence-electron chi connectivity index (χ4n) is 1.88. The van der Waals surface area contributed by atoms with Gasteiger partial charge in [-0.15, -0.1) is 0 Å². The van der Waals surface area contributed by atoms with Gasteiger partial charge < -0.3 is 4.90 Å². The molecule has 6 nitrogen and oxygen atoms in total. The molecule has 20 heavy (non-hydrogen) atoms. The average Bonchev–Trinajstić information content (AvgIpc) is 2.38. The molecule has 0 N–H and O–H groups in total. The van der Waals surface area contributed by atoms with Crippen LogP contribution >= 0.6 is 0 Å². The quantitative estimate of drug-likeness (QED) is 0.605. The van der Waals surface area contributed by atoms with Crippen molar-refractivity contribution in [3.8, 4) is 0 Å². The van der Waals surface area contributed by atoms with Crippen LogP contribution < -0.4 is 0 Å². The number of benzene rings is 1. The number of nitro benzene ring substituents is 1. The predicted molar refractivity (Wildman–Crippen MR) is 66.8 cm³/mol. The number of hydrogen-bond donors (Lipinski definition) is 0. The predicted octanol–water partition coefficient (Wildman–Crippen LogP) is 1.08. The Kier molecular flexibility index (Phi) is 4.07. The Morgan fingerprint density at radius 1 is 1.30 bits per heavy atom. The molecule has 0 bridgehead atoms. The molecule has 1 aromatic carbocycles. The molecule has 1 fully saturated rings. The number of carbonyl (C=O) groups is 1. The summed E-state index contributed by atoms with van der Waals surface area (Å²) in [5.41, 5.74) is -1.89. The van der Waals surface area contributed by atoms with E-state index in [0.717, 1.165) is 4.90 Å². The molecule has 0 aromatic heterocycles.